The van der Waals surface area contributed by atoms with Crippen LogP contribution < -0.4 is 5.32 Å². The van der Waals surface area contributed by atoms with Gasteiger partial charge in [-0.3, -0.25) is 9.59 Å². The summed E-state index contributed by atoms with van der Waals surface area (Å²) in [5.41, 5.74) is 0.743. The summed E-state index contributed by atoms with van der Waals surface area (Å²) in [5, 5.41) is 3.45. The van der Waals surface area contributed by atoms with Crippen molar-refractivity contribution in [3.63, 3.8) is 0 Å². The Kier molecular flexibility index (Phi) is 5.01. The number of amides is 1. The van der Waals surface area contributed by atoms with Gasteiger partial charge in [0.15, 0.2) is 0 Å². The summed E-state index contributed by atoms with van der Waals surface area (Å²) in [7, 11) is 1.33. The van der Waals surface area contributed by atoms with E-state index in [9.17, 15) is 9.59 Å². The summed E-state index contributed by atoms with van der Waals surface area (Å²) in [5.74, 6) is -0.313. The second-order valence-corrected chi connectivity index (χ2v) is 5.40. The second-order valence-electron chi connectivity index (χ2n) is 4.99. The second kappa shape index (κ2) is 6.75. The van der Waals surface area contributed by atoms with Gasteiger partial charge in [-0.25, -0.2) is 0 Å². The fourth-order valence-electron chi connectivity index (χ4n) is 2.21. The molecule has 1 N–H and O–H groups in total. The van der Waals surface area contributed by atoms with Crippen molar-refractivity contribution in [3.8, 4) is 0 Å². The van der Waals surface area contributed by atoms with Crippen LogP contribution in [0.4, 0.5) is 0 Å². The number of carbonyl (C=O) groups excluding carboxylic acids is 2. The Bertz CT molecular complexity index is 500. The van der Waals surface area contributed by atoms with Crippen molar-refractivity contribution in [1.82, 2.24) is 5.32 Å². The fourth-order valence-corrected chi connectivity index (χ4v) is 2.47. The molecule has 2 rings (SSSR count). The molecule has 1 fully saturated rings. The molecule has 1 aromatic rings. The van der Waals surface area contributed by atoms with E-state index in [0.717, 1.165) is 24.8 Å². The third-order valence-electron chi connectivity index (χ3n) is 3.67. The van der Waals surface area contributed by atoms with Crippen LogP contribution in [0.15, 0.2) is 24.3 Å². The lowest BCUT2D eigenvalue weighted by molar-refractivity contribution is -0.141. The maximum Gasteiger partial charge on any atom is 0.307 e. The van der Waals surface area contributed by atoms with Crippen molar-refractivity contribution >= 4 is 23.5 Å². The smallest absolute Gasteiger partial charge is 0.307 e. The minimum Gasteiger partial charge on any atom is -0.469 e. The molecule has 0 unspecified atom stereocenters. The Labute approximate surface area is 123 Å². The molecule has 0 saturated heterocycles. The number of halogens is 1. The van der Waals surface area contributed by atoms with E-state index in [-0.39, 0.29) is 24.2 Å². The van der Waals surface area contributed by atoms with E-state index in [1.54, 1.807) is 6.07 Å². The highest BCUT2D eigenvalue weighted by molar-refractivity contribution is 6.31. The minimum absolute atomic E-state index is 0.00919. The number of esters is 1. The van der Waals surface area contributed by atoms with Crippen LogP contribution in [0.25, 0.3) is 0 Å². The first kappa shape index (κ1) is 14.9. The molecule has 1 aliphatic carbocycles. The van der Waals surface area contributed by atoms with Crippen LogP contribution in [0.2, 0.25) is 5.02 Å². The van der Waals surface area contributed by atoms with Gasteiger partial charge < -0.3 is 10.1 Å². The van der Waals surface area contributed by atoms with Gasteiger partial charge in [0.25, 0.3) is 0 Å². The average Bonchev–Trinajstić information content (AvgIpc) is 2.36. The van der Waals surface area contributed by atoms with Crippen molar-refractivity contribution in [2.45, 2.75) is 31.7 Å². The first-order valence-corrected chi connectivity index (χ1v) is 7.11. The average molecular weight is 296 g/mol. The van der Waals surface area contributed by atoms with Crippen molar-refractivity contribution < 1.29 is 14.3 Å². The molecular formula is C15H18ClNO3. The van der Waals surface area contributed by atoms with Crippen LogP contribution in [0.1, 0.15) is 37.3 Å². The Morgan fingerprint density at radius 2 is 2.10 bits per heavy atom. The molecule has 1 aromatic carbocycles. The monoisotopic (exact) mass is 295 g/mol. The molecule has 1 saturated carbocycles. The van der Waals surface area contributed by atoms with E-state index in [0.29, 0.717) is 5.02 Å². The Morgan fingerprint density at radius 1 is 1.40 bits per heavy atom. The number of rotatable bonds is 5. The van der Waals surface area contributed by atoms with Crippen LogP contribution in [0.3, 0.4) is 0 Å². The lowest BCUT2D eigenvalue weighted by Gasteiger charge is -2.27. The van der Waals surface area contributed by atoms with Gasteiger partial charge in [-0.15, -0.1) is 0 Å². The molecule has 0 bridgehead atoms. The van der Waals surface area contributed by atoms with Crippen LogP contribution in [-0.4, -0.2) is 19.0 Å². The molecule has 0 aromatic heterocycles. The molecule has 1 atom stereocenters. The summed E-state index contributed by atoms with van der Waals surface area (Å²) < 4.78 is 4.69. The molecule has 108 valence electrons. The number of methoxy groups -OCH3 is 1. The topological polar surface area (TPSA) is 55.4 Å². The number of carbonyl (C=O) groups is 2. The zero-order valence-corrected chi connectivity index (χ0v) is 12.2. The van der Waals surface area contributed by atoms with E-state index in [1.807, 2.05) is 18.2 Å². The number of benzene rings is 1. The summed E-state index contributed by atoms with van der Waals surface area (Å²) in [6.45, 7) is 0. The SMILES string of the molecule is COC(=O)C[C@H](NC(=O)C1CCC1)c1ccccc1Cl. The standard InChI is InChI=1S/C15H18ClNO3/c1-20-14(18)9-13(11-7-2-3-8-12(11)16)17-15(19)10-5-4-6-10/h2-3,7-8,10,13H,4-6,9H2,1H3,(H,17,19)/t13-/m0/s1. The third-order valence-corrected chi connectivity index (χ3v) is 4.02. The van der Waals surface area contributed by atoms with Crippen molar-refractivity contribution in [2.24, 2.45) is 5.92 Å². The molecule has 0 heterocycles. The highest BCUT2D eigenvalue weighted by Gasteiger charge is 2.28. The Balaban J connectivity index is 2.13. The molecule has 1 aliphatic rings. The first-order chi connectivity index (χ1) is 9.61. The van der Waals surface area contributed by atoms with E-state index in [2.05, 4.69) is 5.32 Å². The van der Waals surface area contributed by atoms with Gasteiger partial charge in [0, 0.05) is 10.9 Å². The van der Waals surface area contributed by atoms with Crippen LogP contribution in [0, 0.1) is 5.92 Å². The molecule has 1 amide bonds. The quantitative estimate of drug-likeness (QED) is 0.850. The van der Waals surface area contributed by atoms with Gasteiger partial charge in [0.2, 0.25) is 5.91 Å². The number of nitrogens with one attached hydrogen (secondary N) is 1. The predicted octanol–water partition coefficient (Wildman–Crippen LogP) is 2.86. The minimum atomic E-state index is -0.441. The predicted molar refractivity (Wildman–Crippen MR) is 76.3 cm³/mol. The summed E-state index contributed by atoms with van der Waals surface area (Å²) in [4.78, 5) is 23.6. The Hall–Kier alpha value is -1.55. The lowest BCUT2D eigenvalue weighted by Crippen LogP contribution is -2.38. The molecule has 0 radical (unpaired) electrons. The zero-order valence-electron chi connectivity index (χ0n) is 11.4. The maximum absolute atomic E-state index is 12.1. The fraction of sp³-hybridized carbons (Fsp3) is 0.467. The highest BCUT2D eigenvalue weighted by Crippen LogP contribution is 2.29. The lowest BCUT2D eigenvalue weighted by atomic mass is 9.84. The van der Waals surface area contributed by atoms with Crippen molar-refractivity contribution in [2.75, 3.05) is 7.11 Å². The first-order valence-electron chi connectivity index (χ1n) is 6.73. The van der Waals surface area contributed by atoms with Gasteiger partial charge in [-0.05, 0) is 24.5 Å². The van der Waals surface area contributed by atoms with Gasteiger partial charge in [-0.2, -0.15) is 0 Å². The third kappa shape index (κ3) is 3.51. The van der Waals surface area contributed by atoms with E-state index >= 15 is 0 Å². The summed E-state index contributed by atoms with van der Waals surface area (Å²) in [6, 6.07) is 6.77. The molecule has 20 heavy (non-hydrogen) atoms. The summed E-state index contributed by atoms with van der Waals surface area (Å²) in [6.07, 6.45) is 3.00. The number of hydrogen-bond acceptors (Lipinski definition) is 3. The van der Waals surface area contributed by atoms with Crippen molar-refractivity contribution in [3.05, 3.63) is 34.9 Å². The van der Waals surface area contributed by atoms with Crippen LogP contribution >= 0.6 is 11.6 Å². The van der Waals surface area contributed by atoms with Gasteiger partial charge in [0.1, 0.15) is 0 Å². The van der Waals surface area contributed by atoms with E-state index in [1.165, 1.54) is 7.11 Å². The molecular weight excluding hydrogens is 278 g/mol. The Morgan fingerprint density at radius 3 is 2.65 bits per heavy atom. The maximum atomic E-state index is 12.1. The zero-order chi connectivity index (χ0) is 14.5. The molecule has 0 aliphatic heterocycles. The normalized spacial score (nSPS) is 16.1. The van der Waals surface area contributed by atoms with E-state index < -0.39 is 6.04 Å². The van der Waals surface area contributed by atoms with E-state index in [4.69, 9.17) is 16.3 Å². The largest absolute Gasteiger partial charge is 0.469 e. The number of ether oxygens (including phenoxy) is 1. The van der Waals surface area contributed by atoms with Crippen LogP contribution in [-0.2, 0) is 14.3 Å². The van der Waals surface area contributed by atoms with Gasteiger partial charge >= 0.3 is 5.97 Å². The van der Waals surface area contributed by atoms with Crippen LogP contribution in [0.5, 0.6) is 0 Å². The molecule has 4 nitrogen and oxygen atoms in total. The summed E-state index contributed by atoms with van der Waals surface area (Å²) >= 11 is 6.15. The number of hydrogen-bond donors (Lipinski definition) is 1. The highest BCUT2D eigenvalue weighted by atomic mass is 35.5. The van der Waals surface area contributed by atoms with Gasteiger partial charge in [-0.1, -0.05) is 36.2 Å². The van der Waals surface area contributed by atoms with Gasteiger partial charge in [0.05, 0.1) is 19.6 Å². The molecule has 5 heteroatoms. The van der Waals surface area contributed by atoms with Crippen molar-refractivity contribution in [1.29, 1.82) is 0 Å². The molecule has 0 spiro atoms.